The van der Waals surface area contributed by atoms with Crippen LogP contribution in [0.5, 0.6) is 17.2 Å². The van der Waals surface area contributed by atoms with Gasteiger partial charge in [-0.25, -0.2) is 9.59 Å². The van der Waals surface area contributed by atoms with Crippen molar-refractivity contribution in [1.29, 1.82) is 0 Å². The van der Waals surface area contributed by atoms with Gasteiger partial charge in [-0.2, -0.15) is 0 Å². The van der Waals surface area contributed by atoms with Gasteiger partial charge in [-0.15, -0.1) is 0 Å². The fourth-order valence-corrected chi connectivity index (χ4v) is 5.23. The molecule has 0 radical (unpaired) electrons. The fourth-order valence-electron chi connectivity index (χ4n) is 5.23. The summed E-state index contributed by atoms with van der Waals surface area (Å²) in [4.78, 5) is 38.5. The number of carbonyl (C=O) groups is 3. The van der Waals surface area contributed by atoms with Crippen molar-refractivity contribution in [2.24, 2.45) is 5.92 Å². The molecule has 2 aliphatic rings. The second kappa shape index (κ2) is 18.3. The van der Waals surface area contributed by atoms with Crippen molar-refractivity contribution >= 4 is 24.0 Å². The lowest BCUT2D eigenvalue weighted by Crippen LogP contribution is -2.60. The Hall–Kier alpha value is -4.97. The third-order valence-electron chi connectivity index (χ3n) is 8.02. The van der Waals surface area contributed by atoms with Gasteiger partial charge in [0, 0.05) is 24.0 Å². The SMILES string of the molecule is COC(=O)C1=CO[C@@H](O[C@H]2O[C@H](CO)[C@@H](O)[C@H](O)[C@H]2O)C(=CCOC(=O)C=Cc2ccc(O)c(OC)c2)[C@@H]1CC(=O)OCCc1ccc(O)cc1. The number of rotatable bonds is 14. The summed E-state index contributed by atoms with van der Waals surface area (Å²) in [6, 6.07) is 10.7. The molecule has 0 aliphatic carbocycles. The van der Waals surface area contributed by atoms with Crippen molar-refractivity contribution in [2.75, 3.05) is 34.0 Å². The fraction of sp³-hybridized carbons (Fsp3) is 0.400. The minimum Gasteiger partial charge on any atom is -0.508 e. The van der Waals surface area contributed by atoms with Gasteiger partial charge in [0.1, 0.15) is 36.8 Å². The van der Waals surface area contributed by atoms with E-state index in [4.69, 9.17) is 33.2 Å². The van der Waals surface area contributed by atoms with Crippen LogP contribution in [0.1, 0.15) is 17.5 Å². The first-order valence-corrected chi connectivity index (χ1v) is 15.7. The molecule has 2 aliphatic heterocycles. The molecule has 51 heavy (non-hydrogen) atoms. The third-order valence-corrected chi connectivity index (χ3v) is 8.02. The lowest BCUT2D eigenvalue weighted by molar-refractivity contribution is -0.327. The number of phenols is 2. The van der Waals surface area contributed by atoms with Crippen molar-refractivity contribution < 1.29 is 78.2 Å². The van der Waals surface area contributed by atoms with Gasteiger partial charge < -0.3 is 63.8 Å². The van der Waals surface area contributed by atoms with Gasteiger partial charge in [0.05, 0.1) is 45.7 Å². The number of carbonyl (C=O) groups excluding carboxylic acids is 3. The first-order chi connectivity index (χ1) is 24.4. The van der Waals surface area contributed by atoms with Crippen LogP contribution in [-0.4, -0.2) is 120 Å². The highest BCUT2D eigenvalue weighted by Gasteiger charge is 2.47. The number of methoxy groups -OCH3 is 2. The highest BCUT2D eigenvalue weighted by atomic mass is 16.8. The third kappa shape index (κ3) is 10.3. The summed E-state index contributed by atoms with van der Waals surface area (Å²) in [5.41, 5.74) is 1.23. The number of aliphatic hydroxyl groups excluding tert-OH is 4. The lowest BCUT2D eigenvalue weighted by atomic mass is 9.86. The zero-order valence-electron chi connectivity index (χ0n) is 27.7. The molecule has 7 atom stereocenters. The molecule has 2 aromatic carbocycles. The zero-order valence-corrected chi connectivity index (χ0v) is 27.7. The number of phenolic OH excluding ortho intramolecular Hbond substituents is 2. The molecule has 16 heteroatoms. The van der Waals surface area contributed by atoms with Crippen molar-refractivity contribution in [3.05, 3.63) is 83.2 Å². The Kier molecular flexibility index (Phi) is 13.9. The molecule has 2 heterocycles. The quantitative estimate of drug-likeness (QED) is 0.0680. The Bertz CT molecular complexity index is 1600. The highest BCUT2D eigenvalue weighted by Crippen LogP contribution is 2.36. The Balaban J connectivity index is 1.56. The van der Waals surface area contributed by atoms with Crippen LogP contribution in [0.4, 0.5) is 0 Å². The molecule has 0 bridgehead atoms. The zero-order chi connectivity index (χ0) is 37.1. The molecule has 0 amide bonds. The maximum absolute atomic E-state index is 13.1. The summed E-state index contributed by atoms with van der Waals surface area (Å²) < 4.78 is 37.6. The Labute approximate surface area is 292 Å². The normalized spacial score (nSPS) is 25.5. The van der Waals surface area contributed by atoms with Crippen molar-refractivity contribution in [1.82, 2.24) is 0 Å². The molecule has 276 valence electrons. The van der Waals surface area contributed by atoms with Crippen molar-refractivity contribution in [2.45, 2.75) is 49.8 Å². The van der Waals surface area contributed by atoms with Gasteiger partial charge >= 0.3 is 17.9 Å². The van der Waals surface area contributed by atoms with Crippen LogP contribution in [0.25, 0.3) is 6.08 Å². The van der Waals surface area contributed by atoms with Crippen molar-refractivity contribution in [3.63, 3.8) is 0 Å². The van der Waals surface area contributed by atoms with E-state index in [0.29, 0.717) is 12.0 Å². The van der Waals surface area contributed by atoms with Crippen LogP contribution in [0.2, 0.25) is 0 Å². The van der Waals surface area contributed by atoms with Crippen LogP contribution in [-0.2, 0) is 49.2 Å². The van der Waals surface area contributed by atoms with Gasteiger partial charge in [0.15, 0.2) is 17.8 Å². The summed E-state index contributed by atoms with van der Waals surface area (Å²) in [5, 5.41) is 60.0. The largest absolute Gasteiger partial charge is 0.508 e. The molecule has 0 saturated carbocycles. The van der Waals surface area contributed by atoms with E-state index in [1.807, 2.05) is 0 Å². The Morgan fingerprint density at radius 1 is 0.941 bits per heavy atom. The number of benzene rings is 2. The van der Waals surface area contributed by atoms with E-state index in [-0.39, 0.29) is 35.0 Å². The van der Waals surface area contributed by atoms with E-state index < -0.39 is 80.5 Å². The van der Waals surface area contributed by atoms with E-state index in [0.717, 1.165) is 25.0 Å². The van der Waals surface area contributed by atoms with Gasteiger partial charge in [-0.05, 0) is 47.5 Å². The molecule has 2 aromatic rings. The summed E-state index contributed by atoms with van der Waals surface area (Å²) >= 11 is 0. The molecule has 16 nitrogen and oxygen atoms in total. The summed E-state index contributed by atoms with van der Waals surface area (Å²) in [6.07, 6.45) is -5.05. The van der Waals surface area contributed by atoms with Crippen LogP contribution >= 0.6 is 0 Å². The first kappa shape index (κ1) is 38.8. The molecule has 4 rings (SSSR count). The number of aliphatic hydroxyl groups is 4. The predicted molar refractivity (Wildman–Crippen MR) is 173 cm³/mol. The number of esters is 3. The van der Waals surface area contributed by atoms with Gasteiger partial charge in [-0.3, -0.25) is 4.79 Å². The van der Waals surface area contributed by atoms with Crippen LogP contribution < -0.4 is 4.74 Å². The molecular formula is C35H40O16. The van der Waals surface area contributed by atoms with Gasteiger partial charge in [0.2, 0.25) is 6.29 Å². The maximum atomic E-state index is 13.1. The molecule has 6 N–H and O–H groups in total. The van der Waals surface area contributed by atoms with E-state index in [9.17, 15) is 45.0 Å². The summed E-state index contributed by atoms with van der Waals surface area (Å²) in [7, 11) is 2.49. The second-order valence-corrected chi connectivity index (χ2v) is 11.4. The minimum atomic E-state index is -1.82. The number of hydrogen-bond acceptors (Lipinski definition) is 16. The molecule has 1 fully saturated rings. The predicted octanol–water partition coefficient (Wildman–Crippen LogP) is 0.611. The van der Waals surface area contributed by atoms with Gasteiger partial charge in [-0.1, -0.05) is 18.2 Å². The molecular weight excluding hydrogens is 676 g/mol. The Morgan fingerprint density at radius 2 is 1.69 bits per heavy atom. The highest BCUT2D eigenvalue weighted by molar-refractivity contribution is 5.91. The molecule has 0 unspecified atom stereocenters. The van der Waals surface area contributed by atoms with E-state index in [2.05, 4.69) is 0 Å². The monoisotopic (exact) mass is 716 g/mol. The summed E-state index contributed by atoms with van der Waals surface area (Å²) in [6.45, 7) is -1.20. The van der Waals surface area contributed by atoms with Crippen molar-refractivity contribution in [3.8, 4) is 17.2 Å². The topological polar surface area (TPSA) is 237 Å². The number of aromatic hydroxyl groups is 2. The smallest absolute Gasteiger partial charge is 0.337 e. The minimum absolute atomic E-state index is 0.0369. The maximum Gasteiger partial charge on any atom is 0.337 e. The van der Waals surface area contributed by atoms with E-state index >= 15 is 0 Å². The molecule has 1 saturated heterocycles. The molecule has 0 aromatic heterocycles. The van der Waals surface area contributed by atoms with E-state index in [1.165, 1.54) is 43.5 Å². The standard InChI is InChI=1S/C35H40O16/c1-45-26-15-20(5-9-25(26)38)6-10-28(39)47-14-12-22-23(16-29(40)48-13-11-19-3-7-21(37)8-4-19)24(33(44)46-2)18-49-34(22)51-35-32(43)31(42)30(41)27(17-36)50-35/h3-10,12,15,18,23,27,30-32,34-38,41-43H,11,13-14,16-17H2,1-2H3/t23-,27+,30+,31-,32+,34-,35+/m0/s1. The first-order valence-electron chi connectivity index (χ1n) is 15.7. The second-order valence-electron chi connectivity index (χ2n) is 11.4. The summed E-state index contributed by atoms with van der Waals surface area (Å²) in [5.74, 6) is -3.35. The lowest BCUT2D eigenvalue weighted by Gasteiger charge is -2.42. The number of ether oxygens (including phenoxy) is 7. The van der Waals surface area contributed by atoms with E-state index in [1.54, 1.807) is 18.2 Å². The molecule has 0 spiro atoms. The average Bonchev–Trinajstić information content (AvgIpc) is 3.12. The number of hydrogen-bond donors (Lipinski definition) is 6. The van der Waals surface area contributed by atoms with Gasteiger partial charge in [0.25, 0.3) is 0 Å². The van der Waals surface area contributed by atoms with Crippen LogP contribution in [0.15, 0.2) is 72.0 Å². The Morgan fingerprint density at radius 3 is 2.37 bits per heavy atom. The average molecular weight is 717 g/mol. The van der Waals surface area contributed by atoms with Crippen LogP contribution in [0, 0.1) is 5.92 Å². The van der Waals surface area contributed by atoms with Crippen LogP contribution in [0.3, 0.4) is 0 Å².